The van der Waals surface area contributed by atoms with Gasteiger partial charge in [0.1, 0.15) is 11.1 Å². The molecule has 0 atom stereocenters. The average molecular weight is 317 g/mol. The van der Waals surface area contributed by atoms with Gasteiger partial charge >= 0.3 is 0 Å². The van der Waals surface area contributed by atoms with Crippen LogP contribution in [0.5, 0.6) is 0 Å². The zero-order valence-electron chi connectivity index (χ0n) is 12.9. The number of amides is 1. The van der Waals surface area contributed by atoms with Crippen LogP contribution in [-0.4, -0.2) is 26.0 Å². The molecule has 0 radical (unpaired) electrons. The van der Waals surface area contributed by atoms with Gasteiger partial charge < -0.3 is 5.32 Å². The van der Waals surface area contributed by atoms with E-state index < -0.39 is 5.54 Å². The molecule has 2 heterocycles. The van der Waals surface area contributed by atoms with Crippen molar-refractivity contribution in [2.24, 2.45) is 0 Å². The van der Waals surface area contributed by atoms with Gasteiger partial charge in [-0.3, -0.25) is 4.79 Å². The van der Waals surface area contributed by atoms with Crippen molar-refractivity contribution in [2.45, 2.75) is 24.8 Å². The van der Waals surface area contributed by atoms with Crippen LogP contribution >= 0.6 is 0 Å². The number of nitrogens with zero attached hydrogens (tertiary/aromatic N) is 4. The number of nitrogens with one attached hydrogen (secondary N) is 1. The van der Waals surface area contributed by atoms with Gasteiger partial charge in [0.15, 0.2) is 5.65 Å². The van der Waals surface area contributed by atoms with Gasteiger partial charge in [0.2, 0.25) is 0 Å². The minimum atomic E-state index is -0.734. The Labute approximate surface area is 138 Å². The van der Waals surface area contributed by atoms with Gasteiger partial charge in [-0.15, -0.1) is 0 Å². The third kappa shape index (κ3) is 2.22. The average Bonchev–Trinajstić information content (AvgIpc) is 3.03. The van der Waals surface area contributed by atoms with E-state index in [1.165, 1.54) is 6.20 Å². The lowest BCUT2D eigenvalue weighted by Crippen LogP contribution is -2.52. The van der Waals surface area contributed by atoms with Gasteiger partial charge in [-0.25, -0.2) is 9.50 Å². The first-order chi connectivity index (χ1) is 11.7. The van der Waals surface area contributed by atoms with Gasteiger partial charge in [0.05, 0.1) is 18.0 Å². The Morgan fingerprint density at radius 2 is 2.04 bits per heavy atom. The fraction of sp³-hybridized carbons (Fsp3) is 0.222. The molecule has 1 N–H and O–H groups in total. The largest absolute Gasteiger partial charge is 0.334 e. The van der Waals surface area contributed by atoms with Crippen molar-refractivity contribution in [3.8, 4) is 17.3 Å². The number of carbonyl (C=O) groups is 1. The second-order valence-electron chi connectivity index (χ2n) is 5.99. The van der Waals surface area contributed by atoms with Crippen molar-refractivity contribution in [1.29, 1.82) is 5.26 Å². The zero-order chi connectivity index (χ0) is 16.6. The number of aromatic nitrogens is 3. The summed E-state index contributed by atoms with van der Waals surface area (Å²) in [4.78, 5) is 16.9. The lowest BCUT2D eigenvalue weighted by molar-refractivity contribution is 0.0883. The first-order valence-corrected chi connectivity index (χ1v) is 7.84. The van der Waals surface area contributed by atoms with E-state index in [0.29, 0.717) is 24.1 Å². The third-order valence-corrected chi connectivity index (χ3v) is 4.49. The topological polar surface area (TPSA) is 83.1 Å². The summed E-state index contributed by atoms with van der Waals surface area (Å²) in [6, 6.07) is 13.9. The molecule has 0 bridgehead atoms. The first-order valence-electron chi connectivity index (χ1n) is 7.84. The number of fused-ring (bicyclic) bond motifs is 1. The molecule has 1 amide bonds. The molecular formula is C18H15N5O. The maximum absolute atomic E-state index is 12.6. The summed E-state index contributed by atoms with van der Waals surface area (Å²) in [7, 11) is 0. The Morgan fingerprint density at radius 3 is 2.71 bits per heavy atom. The molecule has 0 spiro atoms. The molecule has 6 heteroatoms. The smallest absolute Gasteiger partial charge is 0.258 e. The van der Waals surface area contributed by atoms with Crippen molar-refractivity contribution < 1.29 is 4.79 Å². The summed E-state index contributed by atoms with van der Waals surface area (Å²) in [6.45, 7) is 0. The zero-order valence-corrected chi connectivity index (χ0v) is 12.9. The van der Waals surface area contributed by atoms with E-state index in [9.17, 15) is 10.1 Å². The van der Waals surface area contributed by atoms with E-state index in [0.717, 1.165) is 17.7 Å². The lowest BCUT2D eigenvalue weighted by Gasteiger charge is -2.35. The second-order valence-corrected chi connectivity index (χ2v) is 5.99. The molecule has 1 fully saturated rings. The summed E-state index contributed by atoms with van der Waals surface area (Å²) in [5.74, 6) is -0.302. The fourth-order valence-corrected chi connectivity index (χ4v) is 2.96. The van der Waals surface area contributed by atoms with Crippen LogP contribution in [0.2, 0.25) is 0 Å². The number of benzene rings is 1. The Hall–Kier alpha value is -3.20. The second kappa shape index (κ2) is 5.46. The van der Waals surface area contributed by atoms with Gasteiger partial charge in [-0.2, -0.15) is 10.4 Å². The van der Waals surface area contributed by atoms with E-state index in [4.69, 9.17) is 0 Å². The number of nitriles is 1. The van der Waals surface area contributed by atoms with Crippen LogP contribution in [0.4, 0.5) is 0 Å². The van der Waals surface area contributed by atoms with E-state index in [1.54, 1.807) is 10.7 Å². The minimum absolute atomic E-state index is 0.302. The van der Waals surface area contributed by atoms with E-state index >= 15 is 0 Å². The standard InChI is InChI=1S/C18H15N5O/c19-12-18(8-4-9-18)22-17(24)14-11-21-23-15(7-10-20-16(14)23)13-5-2-1-3-6-13/h1-3,5-7,10-11H,4,8-9H2,(H,22,24). The van der Waals surface area contributed by atoms with Gasteiger partial charge in [-0.1, -0.05) is 30.3 Å². The molecule has 0 aliphatic heterocycles. The highest BCUT2D eigenvalue weighted by Crippen LogP contribution is 2.31. The molecule has 0 saturated heterocycles. The van der Waals surface area contributed by atoms with Crippen LogP contribution in [0.3, 0.4) is 0 Å². The summed E-state index contributed by atoms with van der Waals surface area (Å²) in [6.07, 6.45) is 5.51. The first kappa shape index (κ1) is 14.4. The molecule has 1 aromatic carbocycles. The molecule has 1 saturated carbocycles. The number of hydrogen-bond donors (Lipinski definition) is 1. The maximum atomic E-state index is 12.6. The lowest BCUT2D eigenvalue weighted by atomic mass is 9.78. The third-order valence-electron chi connectivity index (χ3n) is 4.49. The van der Waals surface area contributed by atoms with Gasteiger partial charge in [0.25, 0.3) is 5.91 Å². The predicted octanol–water partition coefficient (Wildman–Crippen LogP) is 2.57. The van der Waals surface area contributed by atoms with Crippen LogP contribution in [0.1, 0.15) is 29.6 Å². The Morgan fingerprint density at radius 1 is 1.25 bits per heavy atom. The molecule has 1 aliphatic rings. The van der Waals surface area contributed by atoms with Crippen LogP contribution in [0.15, 0.2) is 48.8 Å². The van der Waals surface area contributed by atoms with Gasteiger partial charge in [-0.05, 0) is 25.3 Å². The van der Waals surface area contributed by atoms with Gasteiger partial charge in [0, 0.05) is 11.8 Å². The highest BCUT2D eigenvalue weighted by atomic mass is 16.1. The molecule has 3 aromatic rings. The molecule has 6 nitrogen and oxygen atoms in total. The fourth-order valence-electron chi connectivity index (χ4n) is 2.96. The van der Waals surface area contributed by atoms with Crippen molar-refractivity contribution >= 4 is 11.6 Å². The predicted molar refractivity (Wildman–Crippen MR) is 88.1 cm³/mol. The van der Waals surface area contributed by atoms with E-state index in [2.05, 4.69) is 21.5 Å². The van der Waals surface area contributed by atoms with Crippen LogP contribution in [0, 0.1) is 11.3 Å². The number of hydrogen-bond acceptors (Lipinski definition) is 4. The number of rotatable bonds is 3. The molecule has 24 heavy (non-hydrogen) atoms. The number of carbonyl (C=O) groups excluding carboxylic acids is 1. The Bertz CT molecular complexity index is 950. The van der Waals surface area contributed by atoms with E-state index in [-0.39, 0.29) is 5.91 Å². The summed E-state index contributed by atoms with van der Waals surface area (Å²) in [5.41, 5.74) is 1.99. The maximum Gasteiger partial charge on any atom is 0.258 e. The molecule has 118 valence electrons. The summed E-state index contributed by atoms with van der Waals surface area (Å²) in [5, 5.41) is 16.5. The SMILES string of the molecule is N#CC1(NC(=O)c2cnn3c(-c4ccccc4)ccnc23)CCC1. The Kier molecular flexibility index (Phi) is 3.28. The van der Waals surface area contributed by atoms with Crippen molar-refractivity contribution in [1.82, 2.24) is 19.9 Å². The van der Waals surface area contributed by atoms with Crippen molar-refractivity contribution in [3.05, 3.63) is 54.4 Å². The van der Waals surface area contributed by atoms with Crippen LogP contribution < -0.4 is 5.32 Å². The van der Waals surface area contributed by atoms with Crippen LogP contribution in [0.25, 0.3) is 16.9 Å². The monoisotopic (exact) mass is 317 g/mol. The minimum Gasteiger partial charge on any atom is -0.334 e. The highest BCUT2D eigenvalue weighted by molar-refractivity contribution is 6.00. The molecule has 0 unspecified atom stereocenters. The quantitative estimate of drug-likeness (QED) is 0.805. The van der Waals surface area contributed by atoms with Crippen molar-refractivity contribution in [3.63, 3.8) is 0 Å². The van der Waals surface area contributed by atoms with Crippen molar-refractivity contribution in [2.75, 3.05) is 0 Å². The summed E-state index contributed by atoms with van der Waals surface area (Å²) < 4.78 is 1.66. The van der Waals surface area contributed by atoms with E-state index in [1.807, 2.05) is 36.4 Å². The Balaban J connectivity index is 1.74. The normalized spacial score (nSPS) is 15.5. The molecule has 1 aliphatic carbocycles. The van der Waals surface area contributed by atoms with Crippen LogP contribution in [-0.2, 0) is 0 Å². The molecular weight excluding hydrogens is 302 g/mol. The molecule has 2 aromatic heterocycles. The highest BCUT2D eigenvalue weighted by Gasteiger charge is 2.39. The molecule has 4 rings (SSSR count). The summed E-state index contributed by atoms with van der Waals surface area (Å²) >= 11 is 0.